The number of carboxylic acid groups (broad SMARTS) is 1. The lowest BCUT2D eigenvalue weighted by Crippen LogP contribution is -2.41. The van der Waals surface area contributed by atoms with Crippen LogP contribution in [0.1, 0.15) is 43.6 Å². The summed E-state index contributed by atoms with van der Waals surface area (Å²) in [5.74, 6) is -0.648. The largest absolute Gasteiger partial charge is 0.497 e. The smallest absolute Gasteiger partial charge is 0.336 e. The van der Waals surface area contributed by atoms with Crippen LogP contribution >= 0.6 is 0 Å². The van der Waals surface area contributed by atoms with Crippen molar-refractivity contribution in [3.63, 3.8) is 0 Å². The standard InChI is InChI=1S/C17H23NO4/c1-11(2)18(12(3)4)16(19)9-6-13-10-14(22-5)7-8-15(13)17(20)21/h6-12H,1-5H3,(H,20,21)/b9-6+. The Hall–Kier alpha value is -2.30. The number of aromatic carboxylic acids is 1. The summed E-state index contributed by atoms with van der Waals surface area (Å²) in [6.45, 7) is 7.78. The van der Waals surface area contributed by atoms with Crippen molar-refractivity contribution < 1.29 is 19.4 Å². The zero-order valence-electron chi connectivity index (χ0n) is 13.7. The maximum atomic E-state index is 12.3. The second-order valence-electron chi connectivity index (χ2n) is 5.52. The van der Waals surface area contributed by atoms with E-state index in [-0.39, 0.29) is 23.6 Å². The van der Waals surface area contributed by atoms with E-state index in [1.807, 2.05) is 27.7 Å². The maximum Gasteiger partial charge on any atom is 0.336 e. The molecule has 5 nitrogen and oxygen atoms in total. The molecule has 1 aromatic rings. The Morgan fingerprint density at radius 1 is 1.18 bits per heavy atom. The molecular weight excluding hydrogens is 282 g/mol. The van der Waals surface area contributed by atoms with Crippen molar-refractivity contribution in [2.45, 2.75) is 39.8 Å². The number of carboxylic acids is 1. The van der Waals surface area contributed by atoms with Crippen LogP contribution in [0.3, 0.4) is 0 Å². The third kappa shape index (κ3) is 4.35. The van der Waals surface area contributed by atoms with Crippen molar-refractivity contribution in [3.8, 4) is 5.75 Å². The molecule has 0 saturated heterocycles. The molecule has 0 spiro atoms. The fraction of sp³-hybridized carbons (Fsp3) is 0.412. The van der Waals surface area contributed by atoms with Gasteiger partial charge in [-0.25, -0.2) is 4.79 Å². The van der Waals surface area contributed by atoms with Gasteiger partial charge in [0, 0.05) is 18.2 Å². The van der Waals surface area contributed by atoms with Gasteiger partial charge in [0.25, 0.3) is 0 Å². The number of rotatable bonds is 6. The van der Waals surface area contributed by atoms with Gasteiger partial charge >= 0.3 is 5.97 Å². The molecule has 0 atom stereocenters. The van der Waals surface area contributed by atoms with Crippen LogP contribution in [0.5, 0.6) is 5.75 Å². The molecule has 0 aliphatic heterocycles. The molecule has 0 bridgehead atoms. The van der Waals surface area contributed by atoms with E-state index >= 15 is 0 Å². The fourth-order valence-electron chi connectivity index (χ4n) is 2.35. The van der Waals surface area contributed by atoms with Crippen molar-refractivity contribution in [1.29, 1.82) is 0 Å². The highest BCUT2D eigenvalue weighted by Gasteiger charge is 2.18. The normalized spacial score (nSPS) is 11.2. The van der Waals surface area contributed by atoms with E-state index < -0.39 is 5.97 Å². The summed E-state index contributed by atoms with van der Waals surface area (Å²) in [5.41, 5.74) is 0.568. The van der Waals surface area contributed by atoms with Crippen LogP contribution in [0.2, 0.25) is 0 Å². The zero-order chi connectivity index (χ0) is 16.9. The molecule has 120 valence electrons. The number of benzene rings is 1. The molecule has 22 heavy (non-hydrogen) atoms. The molecule has 0 aliphatic rings. The van der Waals surface area contributed by atoms with Crippen LogP contribution in [0, 0.1) is 0 Å². The summed E-state index contributed by atoms with van der Waals surface area (Å²) in [5, 5.41) is 9.21. The topological polar surface area (TPSA) is 66.8 Å². The Balaban J connectivity index is 3.11. The maximum absolute atomic E-state index is 12.3. The molecule has 0 radical (unpaired) electrons. The summed E-state index contributed by atoms with van der Waals surface area (Å²) >= 11 is 0. The molecule has 0 aromatic heterocycles. The molecule has 0 saturated carbocycles. The molecule has 5 heteroatoms. The van der Waals surface area contributed by atoms with E-state index in [0.717, 1.165) is 0 Å². The number of carbonyl (C=O) groups is 2. The second-order valence-corrected chi connectivity index (χ2v) is 5.52. The predicted octanol–water partition coefficient (Wildman–Crippen LogP) is 3.05. The van der Waals surface area contributed by atoms with Crippen LogP contribution in [0.15, 0.2) is 24.3 Å². The van der Waals surface area contributed by atoms with Gasteiger partial charge in [-0.05, 0) is 57.5 Å². The Morgan fingerprint density at radius 2 is 1.77 bits per heavy atom. The Labute approximate surface area is 131 Å². The van der Waals surface area contributed by atoms with Crippen molar-refractivity contribution in [2.24, 2.45) is 0 Å². The Bertz CT molecular complexity index is 568. The fourth-order valence-corrected chi connectivity index (χ4v) is 2.35. The number of ether oxygens (including phenoxy) is 1. The van der Waals surface area contributed by atoms with Gasteiger partial charge in [0.15, 0.2) is 0 Å². The number of amides is 1. The number of methoxy groups -OCH3 is 1. The summed E-state index contributed by atoms with van der Waals surface area (Å²) in [6.07, 6.45) is 2.92. The van der Waals surface area contributed by atoms with Gasteiger partial charge in [0.05, 0.1) is 12.7 Å². The lowest BCUT2D eigenvalue weighted by Gasteiger charge is -2.29. The average Bonchev–Trinajstić information content (AvgIpc) is 2.43. The first-order valence-electron chi connectivity index (χ1n) is 7.19. The summed E-state index contributed by atoms with van der Waals surface area (Å²) < 4.78 is 5.10. The Kier molecular flexibility index (Phi) is 6.16. The van der Waals surface area contributed by atoms with E-state index in [2.05, 4.69) is 0 Å². The monoisotopic (exact) mass is 305 g/mol. The van der Waals surface area contributed by atoms with Gasteiger partial charge in [-0.15, -0.1) is 0 Å². The number of nitrogens with zero attached hydrogens (tertiary/aromatic N) is 1. The third-order valence-electron chi connectivity index (χ3n) is 3.26. The van der Waals surface area contributed by atoms with Crippen LogP contribution < -0.4 is 4.74 Å². The van der Waals surface area contributed by atoms with Crippen LogP contribution in [0.25, 0.3) is 6.08 Å². The van der Waals surface area contributed by atoms with Gasteiger partial charge in [-0.3, -0.25) is 4.79 Å². The first kappa shape index (κ1) is 17.8. The van der Waals surface area contributed by atoms with Crippen molar-refractivity contribution in [2.75, 3.05) is 7.11 Å². The van der Waals surface area contributed by atoms with Crippen LogP contribution in [0.4, 0.5) is 0 Å². The van der Waals surface area contributed by atoms with Crippen LogP contribution in [-0.2, 0) is 4.79 Å². The molecule has 0 heterocycles. The minimum absolute atomic E-state index is 0.0707. The highest BCUT2D eigenvalue weighted by molar-refractivity contribution is 5.96. The third-order valence-corrected chi connectivity index (χ3v) is 3.26. The molecule has 0 fully saturated rings. The van der Waals surface area contributed by atoms with Crippen molar-refractivity contribution in [1.82, 2.24) is 4.90 Å². The number of hydrogen-bond donors (Lipinski definition) is 1. The lowest BCUT2D eigenvalue weighted by molar-refractivity contribution is -0.129. The van der Waals surface area contributed by atoms with E-state index in [4.69, 9.17) is 4.74 Å². The molecular formula is C17H23NO4. The van der Waals surface area contributed by atoms with Gasteiger partial charge in [-0.1, -0.05) is 0 Å². The van der Waals surface area contributed by atoms with Gasteiger partial charge in [-0.2, -0.15) is 0 Å². The molecule has 1 rings (SSSR count). The average molecular weight is 305 g/mol. The minimum Gasteiger partial charge on any atom is -0.497 e. The van der Waals surface area contributed by atoms with E-state index in [0.29, 0.717) is 11.3 Å². The van der Waals surface area contributed by atoms with Gasteiger partial charge < -0.3 is 14.7 Å². The van der Waals surface area contributed by atoms with Gasteiger partial charge in [0.2, 0.25) is 5.91 Å². The van der Waals surface area contributed by atoms with Crippen molar-refractivity contribution in [3.05, 3.63) is 35.4 Å². The number of carbonyl (C=O) groups excluding carboxylic acids is 1. The molecule has 0 aliphatic carbocycles. The molecule has 0 unspecified atom stereocenters. The summed E-state index contributed by atoms with van der Waals surface area (Å²) in [6, 6.07) is 4.79. The predicted molar refractivity (Wildman–Crippen MR) is 86.1 cm³/mol. The van der Waals surface area contributed by atoms with Gasteiger partial charge in [0.1, 0.15) is 5.75 Å². The number of hydrogen-bond acceptors (Lipinski definition) is 3. The lowest BCUT2D eigenvalue weighted by atomic mass is 10.1. The summed E-state index contributed by atoms with van der Waals surface area (Å²) in [4.78, 5) is 25.3. The molecule has 1 amide bonds. The highest BCUT2D eigenvalue weighted by Crippen LogP contribution is 2.19. The SMILES string of the molecule is COc1ccc(C(=O)O)c(/C=C/C(=O)N(C(C)C)C(C)C)c1. The first-order valence-corrected chi connectivity index (χ1v) is 7.19. The summed E-state index contributed by atoms with van der Waals surface area (Å²) in [7, 11) is 1.51. The quantitative estimate of drug-likeness (QED) is 0.820. The van der Waals surface area contributed by atoms with E-state index in [1.54, 1.807) is 17.0 Å². The first-order chi connectivity index (χ1) is 10.3. The van der Waals surface area contributed by atoms with Crippen molar-refractivity contribution >= 4 is 18.0 Å². The second kappa shape index (κ2) is 7.64. The van der Waals surface area contributed by atoms with E-state index in [1.165, 1.54) is 25.3 Å². The van der Waals surface area contributed by atoms with E-state index in [9.17, 15) is 14.7 Å². The molecule has 1 aromatic carbocycles. The van der Waals surface area contributed by atoms with Crippen LogP contribution in [-0.4, -0.2) is 41.1 Å². The molecule has 1 N–H and O–H groups in total. The highest BCUT2D eigenvalue weighted by atomic mass is 16.5. The minimum atomic E-state index is -1.04. The zero-order valence-corrected chi connectivity index (χ0v) is 13.7. The Morgan fingerprint density at radius 3 is 2.23 bits per heavy atom.